The third-order valence-corrected chi connectivity index (χ3v) is 7.60. The number of ether oxygens (including phenoxy) is 1. The highest BCUT2D eigenvalue weighted by molar-refractivity contribution is 7.89. The van der Waals surface area contributed by atoms with E-state index >= 15 is 0 Å². The van der Waals surface area contributed by atoms with E-state index in [4.69, 9.17) is 20.8 Å². The molecule has 4 rings (SSSR count). The molecule has 0 radical (unpaired) electrons. The van der Waals surface area contributed by atoms with Crippen LogP contribution in [0.5, 0.6) is 5.75 Å². The third-order valence-electron chi connectivity index (χ3n) is 5.52. The number of aromatic nitrogens is 2. The van der Waals surface area contributed by atoms with E-state index < -0.39 is 40.3 Å². The minimum Gasteiger partial charge on any atom is -0.476 e. The van der Waals surface area contributed by atoms with E-state index in [2.05, 4.69) is 10.2 Å². The topological polar surface area (TPSA) is 106 Å². The molecule has 0 bridgehead atoms. The van der Waals surface area contributed by atoms with Gasteiger partial charge in [-0.05, 0) is 48.7 Å². The Morgan fingerprint density at radius 3 is 2.68 bits per heavy atom. The molecule has 11 heteroatoms. The lowest BCUT2D eigenvalue weighted by molar-refractivity contribution is 0.122. The number of rotatable bonds is 4. The largest absolute Gasteiger partial charge is 0.476 e. The molecule has 2 aromatic carbocycles. The summed E-state index contributed by atoms with van der Waals surface area (Å²) in [6, 6.07) is 5.99. The summed E-state index contributed by atoms with van der Waals surface area (Å²) in [7, 11) is -4.12. The summed E-state index contributed by atoms with van der Waals surface area (Å²) < 4.78 is 53.6. The van der Waals surface area contributed by atoms with Crippen LogP contribution in [0.4, 0.5) is 4.39 Å². The number of hydrogen-bond acceptors (Lipinski definition) is 6. The molecule has 0 spiro atoms. The van der Waals surface area contributed by atoms with Crippen molar-refractivity contribution in [2.24, 2.45) is 0 Å². The SMILES string of the molecule is Cc1ccc(F)c([C@@H](C)[C@@H](c2n[nH]c(=O)o2)N2COc3cc(Cl)ccc3S2(=O)=O)c1C. The van der Waals surface area contributed by atoms with Crippen LogP contribution in [-0.4, -0.2) is 29.7 Å². The average molecular weight is 468 g/mol. The first kappa shape index (κ1) is 21.5. The molecule has 1 aliphatic heterocycles. The molecule has 1 N–H and O–H groups in total. The number of hydrogen-bond donors (Lipinski definition) is 1. The summed E-state index contributed by atoms with van der Waals surface area (Å²) in [6.07, 6.45) is 0. The van der Waals surface area contributed by atoms with Crippen LogP contribution >= 0.6 is 11.6 Å². The van der Waals surface area contributed by atoms with Crippen molar-refractivity contribution in [1.82, 2.24) is 14.5 Å². The molecule has 0 fully saturated rings. The second-order valence-electron chi connectivity index (χ2n) is 7.34. The number of sulfonamides is 1. The Morgan fingerprint density at radius 2 is 2.00 bits per heavy atom. The molecule has 1 aliphatic rings. The monoisotopic (exact) mass is 467 g/mol. The Labute approximate surface area is 182 Å². The van der Waals surface area contributed by atoms with Crippen LogP contribution in [0.3, 0.4) is 0 Å². The Balaban J connectivity index is 1.89. The fourth-order valence-electron chi connectivity index (χ4n) is 3.84. The zero-order valence-corrected chi connectivity index (χ0v) is 18.4. The Morgan fingerprint density at radius 1 is 1.26 bits per heavy atom. The van der Waals surface area contributed by atoms with E-state index in [1.165, 1.54) is 24.3 Å². The van der Waals surface area contributed by atoms with Gasteiger partial charge in [-0.2, -0.15) is 0 Å². The number of nitrogens with one attached hydrogen (secondary N) is 1. The van der Waals surface area contributed by atoms with Crippen LogP contribution < -0.4 is 10.5 Å². The summed E-state index contributed by atoms with van der Waals surface area (Å²) in [5, 5.41) is 6.31. The van der Waals surface area contributed by atoms with Crippen molar-refractivity contribution in [3.8, 4) is 5.75 Å². The predicted molar refractivity (Wildman–Crippen MR) is 110 cm³/mol. The number of benzene rings is 2. The molecule has 164 valence electrons. The normalized spacial score (nSPS) is 17.6. The minimum atomic E-state index is -4.12. The summed E-state index contributed by atoms with van der Waals surface area (Å²) >= 11 is 5.95. The summed E-state index contributed by atoms with van der Waals surface area (Å²) in [5.41, 5.74) is 1.80. The lowest BCUT2D eigenvalue weighted by Crippen LogP contribution is -2.43. The van der Waals surface area contributed by atoms with Crippen LogP contribution in [0.15, 0.2) is 44.4 Å². The van der Waals surface area contributed by atoms with Gasteiger partial charge in [0.1, 0.15) is 22.5 Å². The maximum Gasteiger partial charge on any atom is 0.434 e. The Kier molecular flexibility index (Phi) is 5.40. The van der Waals surface area contributed by atoms with Crippen molar-refractivity contribution in [3.05, 3.63) is 74.3 Å². The van der Waals surface area contributed by atoms with E-state index in [1.807, 2.05) is 6.92 Å². The summed E-state index contributed by atoms with van der Waals surface area (Å²) in [6.45, 7) is 4.83. The van der Waals surface area contributed by atoms with Crippen LogP contribution in [0.2, 0.25) is 5.02 Å². The van der Waals surface area contributed by atoms with Crippen LogP contribution in [0.25, 0.3) is 0 Å². The van der Waals surface area contributed by atoms with Crippen molar-refractivity contribution >= 4 is 21.6 Å². The molecular formula is C20H19ClFN3O5S. The lowest BCUT2D eigenvalue weighted by Gasteiger charge is -2.36. The molecule has 0 unspecified atom stereocenters. The number of H-pyrrole nitrogens is 1. The highest BCUT2D eigenvalue weighted by Gasteiger charge is 2.44. The van der Waals surface area contributed by atoms with E-state index in [-0.39, 0.29) is 16.5 Å². The number of halogens is 2. The van der Waals surface area contributed by atoms with E-state index in [0.29, 0.717) is 16.1 Å². The fourth-order valence-corrected chi connectivity index (χ4v) is 5.63. The van der Waals surface area contributed by atoms with Crippen LogP contribution in [-0.2, 0) is 10.0 Å². The highest BCUT2D eigenvalue weighted by Crippen LogP contribution is 2.43. The third kappa shape index (κ3) is 3.64. The molecule has 8 nitrogen and oxygen atoms in total. The van der Waals surface area contributed by atoms with Crippen LogP contribution in [0, 0.1) is 19.7 Å². The maximum atomic E-state index is 14.9. The van der Waals surface area contributed by atoms with Gasteiger partial charge in [-0.25, -0.2) is 22.7 Å². The van der Waals surface area contributed by atoms with Crippen molar-refractivity contribution in [2.75, 3.05) is 6.73 Å². The van der Waals surface area contributed by atoms with Gasteiger partial charge >= 0.3 is 5.76 Å². The van der Waals surface area contributed by atoms with Gasteiger partial charge < -0.3 is 9.15 Å². The van der Waals surface area contributed by atoms with Gasteiger partial charge in [0.05, 0.1) is 0 Å². The van der Waals surface area contributed by atoms with Crippen molar-refractivity contribution in [1.29, 1.82) is 0 Å². The first-order valence-corrected chi connectivity index (χ1v) is 11.2. The van der Waals surface area contributed by atoms with Gasteiger partial charge in [-0.1, -0.05) is 24.6 Å². The van der Waals surface area contributed by atoms with E-state index in [1.54, 1.807) is 19.9 Å². The van der Waals surface area contributed by atoms with E-state index in [0.717, 1.165) is 9.87 Å². The first-order valence-electron chi connectivity index (χ1n) is 9.36. The second-order valence-corrected chi connectivity index (χ2v) is 9.64. The molecule has 31 heavy (non-hydrogen) atoms. The number of nitrogens with zero attached hydrogens (tertiary/aromatic N) is 2. The van der Waals surface area contributed by atoms with Gasteiger partial charge in [0.15, 0.2) is 6.73 Å². The second kappa shape index (κ2) is 7.77. The van der Waals surface area contributed by atoms with Gasteiger partial charge in [0, 0.05) is 17.0 Å². The van der Waals surface area contributed by atoms with Gasteiger partial charge in [-0.15, -0.1) is 9.40 Å². The molecule has 1 aromatic heterocycles. The molecule has 2 atom stereocenters. The van der Waals surface area contributed by atoms with Gasteiger partial charge in [0.25, 0.3) is 0 Å². The molecule has 2 heterocycles. The molecule has 0 saturated carbocycles. The number of aromatic amines is 1. The average Bonchev–Trinajstić information content (AvgIpc) is 3.12. The lowest BCUT2D eigenvalue weighted by atomic mass is 9.87. The van der Waals surface area contributed by atoms with Gasteiger partial charge in [0.2, 0.25) is 15.9 Å². The summed E-state index contributed by atoms with van der Waals surface area (Å²) in [4.78, 5) is 11.6. The highest BCUT2D eigenvalue weighted by atomic mass is 35.5. The minimum absolute atomic E-state index is 0.0975. The fraction of sp³-hybridized carbons (Fsp3) is 0.300. The first-order chi connectivity index (χ1) is 14.6. The summed E-state index contributed by atoms with van der Waals surface area (Å²) in [5.74, 6) is -2.20. The number of fused-ring (bicyclic) bond motifs is 1. The standard InChI is InChI=1S/C20H19ClFN3O5S/c1-10-4-6-14(22)17(11(10)2)12(3)18(19-23-24-20(26)30-19)25-9-29-15-8-13(21)5-7-16(15)31(25,27)28/h4-8,12,18H,9H2,1-3H3,(H,24,26)/t12-,18+/m1/s1. The maximum absolute atomic E-state index is 14.9. The molecule has 3 aromatic rings. The molecule has 0 aliphatic carbocycles. The van der Waals surface area contributed by atoms with Crippen molar-refractivity contribution < 1.29 is 22.0 Å². The predicted octanol–water partition coefficient (Wildman–Crippen LogP) is 3.66. The quantitative estimate of drug-likeness (QED) is 0.627. The smallest absolute Gasteiger partial charge is 0.434 e. The molecular weight excluding hydrogens is 449 g/mol. The van der Waals surface area contributed by atoms with Gasteiger partial charge in [-0.3, -0.25) is 0 Å². The molecule has 0 saturated heterocycles. The zero-order valence-electron chi connectivity index (χ0n) is 16.8. The zero-order chi connectivity index (χ0) is 22.5. The van der Waals surface area contributed by atoms with Crippen LogP contribution in [0.1, 0.15) is 41.5 Å². The molecule has 0 amide bonds. The Bertz CT molecular complexity index is 1320. The Hall–Kier alpha value is -2.69. The van der Waals surface area contributed by atoms with Crippen molar-refractivity contribution in [2.45, 2.75) is 37.6 Å². The van der Waals surface area contributed by atoms with E-state index in [9.17, 15) is 17.6 Å². The van der Waals surface area contributed by atoms with Crippen molar-refractivity contribution in [3.63, 3.8) is 0 Å². The number of aryl methyl sites for hydroxylation is 1.